The first-order chi connectivity index (χ1) is 14.4. The number of carbonyl (C=O) groups is 2. The predicted molar refractivity (Wildman–Crippen MR) is 111 cm³/mol. The smallest absolute Gasteiger partial charge is 0.255 e. The second-order valence-electron chi connectivity index (χ2n) is 7.12. The minimum Gasteiger partial charge on any atom is -0.483 e. The molecule has 0 bridgehead atoms. The zero-order chi connectivity index (χ0) is 21.6. The number of carbonyl (C=O) groups excluding carboxylic acids is 2. The van der Waals surface area contributed by atoms with Crippen molar-refractivity contribution in [3.05, 3.63) is 60.2 Å². The highest BCUT2D eigenvalue weighted by Gasteiger charge is 2.29. The van der Waals surface area contributed by atoms with Crippen molar-refractivity contribution in [1.82, 2.24) is 9.62 Å². The summed E-state index contributed by atoms with van der Waals surface area (Å²) in [6.07, 6.45) is 1.32. The Hall–Kier alpha value is -2.91. The van der Waals surface area contributed by atoms with Crippen LogP contribution in [0.3, 0.4) is 0 Å². The van der Waals surface area contributed by atoms with Gasteiger partial charge >= 0.3 is 0 Å². The molecule has 1 heterocycles. The molecule has 9 heteroatoms. The highest BCUT2D eigenvalue weighted by atomic mass is 32.2. The third-order valence-corrected chi connectivity index (χ3v) is 6.92. The molecule has 160 valence electrons. The second-order valence-corrected chi connectivity index (χ2v) is 9.06. The van der Waals surface area contributed by atoms with Gasteiger partial charge < -0.3 is 15.8 Å². The Bertz CT molecular complexity index is 987. The van der Waals surface area contributed by atoms with Crippen LogP contribution in [0.4, 0.5) is 0 Å². The quantitative estimate of drug-likeness (QED) is 0.655. The van der Waals surface area contributed by atoms with E-state index in [2.05, 4.69) is 5.32 Å². The Morgan fingerprint density at radius 2 is 1.67 bits per heavy atom. The molecule has 8 nitrogen and oxygen atoms in total. The predicted octanol–water partition coefficient (Wildman–Crippen LogP) is 1.38. The van der Waals surface area contributed by atoms with E-state index >= 15 is 0 Å². The van der Waals surface area contributed by atoms with Crippen molar-refractivity contribution in [2.24, 2.45) is 11.7 Å². The van der Waals surface area contributed by atoms with Gasteiger partial charge in [0.15, 0.2) is 6.61 Å². The number of rotatable bonds is 8. The minimum absolute atomic E-state index is 0.176. The molecular weight excluding hydrogens is 406 g/mol. The number of primary amides is 1. The summed E-state index contributed by atoms with van der Waals surface area (Å²) in [5.41, 5.74) is 5.41. The van der Waals surface area contributed by atoms with Crippen LogP contribution >= 0.6 is 0 Å². The van der Waals surface area contributed by atoms with Crippen molar-refractivity contribution < 1.29 is 22.7 Å². The van der Waals surface area contributed by atoms with Crippen LogP contribution < -0.4 is 15.8 Å². The van der Waals surface area contributed by atoms with Crippen LogP contribution in [0.1, 0.15) is 23.2 Å². The monoisotopic (exact) mass is 431 g/mol. The Labute approximate surface area is 176 Å². The highest BCUT2D eigenvalue weighted by Crippen LogP contribution is 2.24. The summed E-state index contributed by atoms with van der Waals surface area (Å²) in [6.45, 7) is 0.951. The lowest BCUT2D eigenvalue weighted by atomic mass is 9.98. The number of nitrogens with one attached hydrogen (secondary N) is 1. The Morgan fingerprint density at radius 1 is 1.03 bits per heavy atom. The molecule has 0 aromatic heterocycles. The van der Waals surface area contributed by atoms with Crippen LogP contribution in [0.2, 0.25) is 0 Å². The number of para-hydroxylation sites is 1. The lowest BCUT2D eigenvalue weighted by Crippen LogP contribution is -2.41. The summed E-state index contributed by atoms with van der Waals surface area (Å²) < 4.78 is 32.2. The van der Waals surface area contributed by atoms with E-state index in [1.807, 2.05) is 0 Å². The molecule has 0 aliphatic carbocycles. The van der Waals surface area contributed by atoms with E-state index < -0.39 is 15.9 Å². The molecule has 30 heavy (non-hydrogen) atoms. The first kappa shape index (κ1) is 21.8. The zero-order valence-electron chi connectivity index (χ0n) is 16.5. The first-order valence-electron chi connectivity index (χ1n) is 9.71. The van der Waals surface area contributed by atoms with E-state index in [1.54, 1.807) is 54.6 Å². The number of hydrogen-bond acceptors (Lipinski definition) is 5. The third kappa shape index (κ3) is 5.37. The van der Waals surface area contributed by atoms with E-state index in [0.29, 0.717) is 42.9 Å². The van der Waals surface area contributed by atoms with Gasteiger partial charge in [0.25, 0.3) is 11.8 Å². The van der Waals surface area contributed by atoms with E-state index in [4.69, 9.17) is 10.5 Å². The van der Waals surface area contributed by atoms with E-state index in [-0.39, 0.29) is 24.2 Å². The van der Waals surface area contributed by atoms with Crippen LogP contribution in [0.5, 0.6) is 5.75 Å². The maximum Gasteiger partial charge on any atom is 0.255 e. The van der Waals surface area contributed by atoms with Crippen LogP contribution in [0.25, 0.3) is 0 Å². The van der Waals surface area contributed by atoms with Gasteiger partial charge in [0, 0.05) is 19.6 Å². The van der Waals surface area contributed by atoms with Gasteiger partial charge in [-0.15, -0.1) is 0 Å². The van der Waals surface area contributed by atoms with Crippen molar-refractivity contribution in [3.63, 3.8) is 0 Å². The number of piperidine rings is 1. The van der Waals surface area contributed by atoms with Crippen LogP contribution in [0.15, 0.2) is 59.5 Å². The summed E-state index contributed by atoms with van der Waals surface area (Å²) in [4.78, 5) is 23.8. The SMILES string of the molecule is NC(=O)COc1ccccc1C(=O)NCC1CCN(S(=O)(=O)c2ccccc2)CC1. The summed E-state index contributed by atoms with van der Waals surface area (Å²) in [5.74, 6) is -0.468. The van der Waals surface area contributed by atoms with Crippen molar-refractivity contribution in [2.45, 2.75) is 17.7 Å². The molecule has 0 saturated carbocycles. The average Bonchev–Trinajstić information content (AvgIpc) is 2.77. The van der Waals surface area contributed by atoms with Gasteiger partial charge in [0.05, 0.1) is 10.5 Å². The lowest BCUT2D eigenvalue weighted by molar-refractivity contribution is -0.119. The second kappa shape index (κ2) is 9.73. The van der Waals surface area contributed by atoms with Gasteiger partial charge in [-0.2, -0.15) is 4.31 Å². The molecule has 1 fully saturated rings. The first-order valence-corrected chi connectivity index (χ1v) is 11.2. The van der Waals surface area contributed by atoms with Crippen molar-refractivity contribution in [3.8, 4) is 5.75 Å². The lowest BCUT2D eigenvalue weighted by Gasteiger charge is -2.31. The maximum atomic E-state index is 12.7. The fourth-order valence-electron chi connectivity index (χ4n) is 3.36. The van der Waals surface area contributed by atoms with Crippen molar-refractivity contribution in [1.29, 1.82) is 0 Å². The summed E-state index contributed by atoms with van der Waals surface area (Å²) in [6, 6.07) is 15.0. The summed E-state index contributed by atoms with van der Waals surface area (Å²) in [5, 5.41) is 2.88. The number of hydrogen-bond donors (Lipinski definition) is 2. The Morgan fingerprint density at radius 3 is 2.33 bits per heavy atom. The molecule has 1 aliphatic rings. The minimum atomic E-state index is -3.49. The summed E-state index contributed by atoms with van der Waals surface area (Å²) in [7, 11) is -3.49. The molecule has 0 spiro atoms. The maximum absolute atomic E-state index is 12.7. The molecular formula is C21H25N3O5S. The largest absolute Gasteiger partial charge is 0.483 e. The molecule has 3 N–H and O–H groups in total. The van der Waals surface area contributed by atoms with E-state index in [0.717, 1.165) is 0 Å². The number of nitrogens with two attached hydrogens (primary N) is 1. The normalized spacial score (nSPS) is 15.5. The van der Waals surface area contributed by atoms with Crippen LogP contribution in [-0.2, 0) is 14.8 Å². The average molecular weight is 432 g/mol. The van der Waals surface area contributed by atoms with Gasteiger partial charge in [-0.05, 0) is 43.0 Å². The molecule has 0 radical (unpaired) electrons. The van der Waals surface area contributed by atoms with Crippen LogP contribution in [-0.4, -0.2) is 50.8 Å². The molecule has 2 amide bonds. The zero-order valence-corrected chi connectivity index (χ0v) is 17.3. The Balaban J connectivity index is 1.53. The molecule has 3 rings (SSSR count). The van der Waals surface area contributed by atoms with Gasteiger partial charge in [-0.25, -0.2) is 8.42 Å². The third-order valence-electron chi connectivity index (χ3n) is 5.01. The van der Waals surface area contributed by atoms with Gasteiger partial charge in [0.2, 0.25) is 10.0 Å². The van der Waals surface area contributed by atoms with E-state index in [9.17, 15) is 18.0 Å². The number of sulfonamides is 1. The van der Waals surface area contributed by atoms with Crippen LogP contribution in [0, 0.1) is 5.92 Å². The molecule has 0 atom stereocenters. The number of benzene rings is 2. The molecule has 0 unspecified atom stereocenters. The van der Waals surface area contributed by atoms with Crippen molar-refractivity contribution >= 4 is 21.8 Å². The number of amides is 2. The Kier molecular flexibility index (Phi) is 7.07. The number of nitrogens with zero attached hydrogens (tertiary/aromatic N) is 1. The van der Waals surface area contributed by atoms with Crippen molar-refractivity contribution in [2.75, 3.05) is 26.2 Å². The van der Waals surface area contributed by atoms with Gasteiger partial charge in [-0.3, -0.25) is 9.59 Å². The fourth-order valence-corrected chi connectivity index (χ4v) is 4.85. The number of ether oxygens (including phenoxy) is 1. The van der Waals surface area contributed by atoms with E-state index in [1.165, 1.54) is 4.31 Å². The molecule has 1 saturated heterocycles. The molecule has 1 aliphatic heterocycles. The van der Waals surface area contributed by atoms with Gasteiger partial charge in [0.1, 0.15) is 5.75 Å². The summed E-state index contributed by atoms with van der Waals surface area (Å²) >= 11 is 0. The van der Waals surface area contributed by atoms with Gasteiger partial charge in [-0.1, -0.05) is 30.3 Å². The highest BCUT2D eigenvalue weighted by molar-refractivity contribution is 7.89. The topological polar surface area (TPSA) is 119 Å². The fraction of sp³-hybridized carbons (Fsp3) is 0.333. The molecule has 2 aromatic rings. The standard InChI is InChI=1S/C21H25N3O5S/c22-20(25)15-29-19-9-5-4-8-18(19)21(26)23-14-16-10-12-24(13-11-16)30(27,28)17-6-2-1-3-7-17/h1-9,16H,10-15H2,(H2,22,25)(H,23,26). The molecule has 2 aromatic carbocycles.